The van der Waals surface area contributed by atoms with Crippen LogP contribution < -0.4 is 21.7 Å². The highest BCUT2D eigenvalue weighted by Crippen LogP contribution is 2.05. The van der Waals surface area contributed by atoms with Crippen molar-refractivity contribution in [3.8, 4) is 0 Å². The number of carboxylic acids is 1. The van der Waals surface area contributed by atoms with Gasteiger partial charge in [-0.15, -0.1) is 0 Å². The van der Waals surface area contributed by atoms with Crippen LogP contribution >= 0.6 is 12.6 Å². The van der Waals surface area contributed by atoms with Crippen LogP contribution in [0.25, 0.3) is 0 Å². The summed E-state index contributed by atoms with van der Waals surface area (Å²) in [4.78, 5) is 48.8. The molecule has 176 valence electrons. The molecule has 0 aliphatic rings. The molecule has 3 unspecified atom stereocenters. The molecule has 3 atom stereocenters. The Bertz CT molecular complexity index is 942. The monoisotopic (exact) mass is 472 g/mol. The van der Waals surface area contributed by atoms with Crippen molar-refractivity contribution in [2.45, 2.75) is 31.0 Å². The highest BCUT2D eigenvalue weighted by molar-refractivity contribution is 7.80. The summed E-state index contributed by atoms with van der Waals surface area (Å²) in [5.74, 6) is -2.88. The number of nitrogens with one attached hydrogen (secondary N) is 3. The molecule has 2 aromatic carbocycles. The number of rotatable bonds is 12. The van der Waals surface area contributed by atoms with Crippen LogP contribution in [0, 0.1) is 0 Å². The zero-order valence-corrected chi connectivity index (χ0v) is 18.8. The Labute approximate surface area is 197 Å². The average molecular weight is 473 g/mol. The van der Waals surface area contributed by atoms with Crippen molar-refractivity contribution in [3.05, 3.63) is 71.8 Å². The molecule has 0 aliphatic heterocycles. The van der Waals surface area contributed by atoms with Crippen molar-refractivity contribution in [2.75, 3.05) is 12.3 Å². The Kier molecular flexibility index (Phi) is 10.4. The van der Waals surface area contributed by atoms with Gasteiger partial charge in [0.2, 0.25) is 17.7 Å². The summed E-state index contributed by atoms with van der Waals surface area (Å²) < 4.78 is 0. The zero-order valence-electron chi connectivity index (χ0n) is 17.9. The fourth-order valence-electron chi connectivity index (χ4n) is 3.01. The van der Waals surface area contributed by atoms with E-state index in [1.54, 1.807) is 54.6 Å². The highest BCUT2D eigenvalue weighted by atomic mass is 32.1. The smallest absolute Gasteiger partial charge is 0.326 e. The predicted octanol–water partition coefficient (Wildman–Crippen LogP) is -0.101. The van der Waals surface area contributed by atoms with Crippen LogP contribution in [0.4, 0.5) is 0 Å². The van der Waals surface area contributed by atoms with Gasteiger partial charge in [0.05, 0.1) is 12.6 Å². The Morgan fingerprint density at radius 1 is 0.818 bits per heavy atom. The Balaban J connectivity index is 1.98. The topological polar surface area (TPSA) is 151 Å². The molecule has 0 aromatic heterocycles. The van der Waals surface area contributed by atoms with Crippen molar-refractivity contribution in [2.24, 2.45) is 5.73 Å². The predicted molar refractivity (Wildman–Crippen MR) is 127 cm³/mol. The second kappa shape index (κ2) is 13.2. The molecular weight excluding hydrogens is 444 g/mol. The maximum absolute atomic E-state index is 12.7. The molecule has 3 amide bonds. The molecule has 0 radical (unpaired) electrons. The van der Waals surface area contributed by atoms with E-state index in [1.807, 2.05) is 6.07 Å². The van der Waals surface area contributed by atoms with Gasteiger partial charge in [-0.2, -0.15) is 12.6 Å². The largest absolute Gasteiger partial charge is 0.480 e. The number of aliphatic carboxylic acids is 1. The van der Waals surface area contributed by atoms with Gasteiger partial charge in [0.25, 0.3) is 0 Å². The first-order chi connectivity index (χ1) is 15.8. The minimum absolute atomic E-state index is 0.101. The van der Waals surface area contributed by atoms with Crippen LogP contribution in [0.3, 0.4) is 0 Å². The molecule has 33 heavy (non-hydrogen) atoms. The Hall–Kier alpha value is -3.37. The van der Waals surface area contributed by atoms with Crippen LogP contribution in [0.15, 0.2) is 60.7 Å². The van der Waals surface area contributed by atoms with Crippen molar-refractivity contribution in [1.29, 1.82) is 0 Å². The van der Waals surface area contributed by atoms with Gasteiger partial charge in [-0.1, -0.05) is 60.7 Å². The summed E-state index contributed by atoms with van der Waals surface area (Å²) in [6.45, 7) is -0.447. The van der Waals surface area contributed by atoms with Crippen molar-refractivity contribution in [3.63, 3.8) is 0 Å². The number of carbonyl (C=O) groups excluding carboxylic acids is 3. The van der Waals surface area contributed by atoms with Crippen molar-refractivity contribution in [1.82, 2.24) is 16.0 Å². The highest BCUT2D eigenvalue weighted by Gasteiger charge is 2.25. The minimum atomic E-state index is -1.19. The van der Waals surface area contributed by atoms with Crippen molar-refractivity contribution >= 4 is 36.3 Å². The second-order valence-corrected chi connectivity index (χ2v) is 7.77. The fourth-order valence-corrected chi connectivity index (χ4v) is 3.17. The molecule has 0 saturated heterocycles. The van der Waals surface area contributed by atoms with Crippen LogP contribution in [0.5, 0.6) is 0 Å². The molecule has 0 heterocycles. The molecule has 10 heteroatoms. The average Bonchev–Trinajstić information content (AvgIpc) is 2.82. The lowest BCUT2D eigenvalue weighted by Gasteiger charge is -2.21. The summed E-state index contributed by atoms with van der Waals surface area (Å²) in [6.07, 6.45) is 0.287. The maximum Gasteiger partial charge on any atom is 0.326 e. The second-order valence-electron chi connectivity index (χ2n) is 7.41. The number of hydrogen-bond donors (Lipinski definition) is 6. The lowest BCUT2D eigenvalue weighted by molar-refractivity contribution is -0.141. The van der Waals surface area contributed by atoms with E-state index in [-0.39, 0.29) is 18.6 Å². The normalized spacial score (nSPS) is 13.3. The van der Waals surface area contributed by atoms with Gasteiger partial charge < -0.3 is 26.8 Å². The molecule has 2 aromatic rings. The molecule has 0 saturated carbocycles. The van der Waals surface area contributed by atoms with Crippen LogP contribution in [-0.2, 0) is 32.0 Å². The van der Waals surface area contributed by atoms with Gasteiger partial charge in [0, 0.05) is 18.6 Å². The maximum atomic E-state index is 12.7. The molecule has 0 bridgehead atoms. The molecule has 2 rings (SSSR count). The number of nitrogens with two attached hydrogens (primary N) is 1. The number of hydrogen-bond acceptors (Lipinski definition) is 6. The van der Waals surface area contributed by atoms with Gasteiger partial charge >= 0.3 is 5.97 Å². The SMILES string of the molecule is NC(CS)C(=O)NC(Cc1ccccc1)C(=O)NCC(=O)NC(Cc1ccccc1)C(=O)O. The van der Waals surface area contributed by atoms with E-state index in [0.29, 0.717) is 0 Å². The third-order valence-electron chi connectivity index (χ3n) is 4.79. The number of benzene rings is 2. The third kappa shape index (κ3) is 8.95. The van der Waals surface area contributed by atoms with E-state index in [4.69, 9.17) is 5.73 Å². The van der Waals surface area contributed by atoms with Gasteiger partial charge in [0.1, 0.15) is 12.1 Å². The van der Waals surface area contributed by atoms with Crippen LogP contribution in [0.2, 0.25) is 0 Å². The van der Waals surface area contributed by atoms with E-state index in [2.05, 4.69) is 28.6 Å². The summed E-state index contributed by atoms with van der Waals surface area (Å²) in [7, 11) is 0. The van der Waals surface area contributed by atoms with Gasteiger partial charge in [0.15, 0.2) is 0 Å². The quantitative estimate of drug-likeness (QED) is 0.238. The van der Waals surface area contributed by atoms with E-state index in [1.165, 1.54) is 0 Å². The fraction of sp³-hybridized carbons (Fsp3) is 0.304. The lowest BCUT2D eigenvalue weighted by atomic mass is 10.0. The van der Waals surface area contributed by atoms with E-state index in [9.17, 15) is 24.3 Å². The van der Waals surface area contributed by atoms with Crippen LogP contribution in [0.1, 0.15) is 11.1 Å². The Morgan fingerprint density at radius 3 is 1.82 bits per heavy atom. The lowest BCUT2D eigenvalue weighted by Crippen LogP contribution is -2.54. The van der Waals surface area contributed by atoms with Gasteiger partial charge in [-0.25, -0.2) is 4.79 Å². The summed E-state index contributed by atoms with van der Waals surface area (Å²) in [5.41, 5.74) is 7.24. The van der Waals surface area contributed by atoms with Crippen molar-refractivity contribution < 1.29 is 24.3 Å². The standard InChI is InChI=1S/C23H28N4O5S/c24-17(14-33)21(29)27-18(11-15-7-3-1-4-8-15)22(30)25-13-20(28)26-19(23(31)32)12-16-9-5-2-6-10-16/h1-10,17-19,33H,11-14,24H2,(H,25,30)(H,26,28)(H,27,29)(H,31,32). The molecule has 0 aliphatic carbocycles. The minimum Gasteiger partial charge on any atom is -0.480 e. The first kappa shape index (κ1) is 25.9. The molecule has 0 spiro atoms. The molecular formula is C23H28N4O5S. The molecule has 6 N–H and O–H groups in total. The van der Waals surface area contributed by atoms with E-state index in [0.717, 1.165) is 11.1 Å². The van der Waals surface area contributed by atoms with Gasteiger partial charge in [-0.3, -0.25) is 14.4 Å². The van der Waals surface area contributed by atoms with E-state index < -0.39 is 48.4 Å². The summed E-state index contributed by atoms with van der Waals surface area (Å²) >= 11 is 3.99. The number of thiol groups is 1. The number of amides is 3. The Morgan fingerprint density at radius 2 is 1.33 bits per heavy atom. The summed E-state index contributed by atoms with van der Waals surface area (Å²) in [6, 6.07) is 14.9. The van der Waals surface area contributed by atoms with Crippen LogP contribution in [-0.4, -0.2) is 59.2 Å². The van der Waals surface area contributed by atoms with Gasteiger partial charge in [-0.05, 0) is 11.1 Å². The number of carbonyl (C=O) groups is 4. The molecule has 0 fully saturated rings. The third-order valence-corrected chi connectivity index (χ3v) is 5.18. The van der Waals surface area contributed by atoms with E-state index >= 15 is 0 Å². The summed E-state index contributed by atoms with van der Waals surface area (Å²) in [5, 5.41) is 16.9. The molecule has 9 nitrogen and oxygen atoms in total. The number of carboxylic acid groups (broad SMARTS) is 1. The first-order valence-electron chi connectivity index (χ1n) is 10.3. The first-order valence-corrected chi connectivity index (χ1v) is 11.0. The zero-order chi connectivity index (χ0) is 24.2.